The van der Waals surface area contributed by atoms with Crippen LogP contribution in [0.2, 0.25) is 0 Å². The highest BCUT2D eigenvalue weighted by atomic mass is 16.4. The largest absolute Gasteiger partial charge is 0.480 e. The van der Waals surface area contributed by atoms with E-state index >= 15 is 0 Å². The van der Waals surface area contributed by atoms with E-state index in [0.717, 1.165) is 12.8 Å². The molecule has 0 aromatic heterocycles. The van der Waals surface area contributed by atoms with Crippen molar-refractivity contribution < 1.29 is 14.7 Å². The predicted molar refractivity (Wildman–Crippen MR) is 52.9 cm³/mol. The number of carbonyl (C=O) groups is 2. The van der Waals surface area contributed by atoms with Crippen molar-refractivity contribution in [2.75, 3.05) is 6.54 Å². The fourth-order valence-corrected chi connectivity index (χ4v) is 0.943. The third-order valence-corrected chi connectivity index (χ3v) is 2.01. The van der Waals surface area contributed by atoms with Gasteiger partial charge in [-0.05, 0) is 19.3 Å². The summed E-state index contributed by atoms with van der Waals surface area (Å²) in [5.41, 5.74) is 10.3. The molecule has 0 aromatic rings. The number of rotatable bonds is 6. The minimum absolute atomic E-state index is 0.263. The van der Waals surface area contributed by atoms with Gasteiger partial charge < -0.3 is 16.2 Å². The molecular formula is C8H16N4O3. The number of urea groups is 1. The minimum Gasteiger partial charge on any atom is -0.480 e. The number of aliphatic carboxylic acids is 1. The van der Waals surface area contributed by atoms with Gasteiger partial charge in [-0.2, -0.15) is 0 Å². The quantitative estimate of drug-likeness (QED) is 0.281. The number of nitrogens with one attached hydrogen (secondary N) is 3. The van der Waals surface area contributed by atoms with Gasteiger partial charge in [-0.25, -0.2) is 10.2 Å². The molecule has 0 heterocycles. The van der Waals surface area contributed by atoms with Crippen LogP contribution in [0.5, 0.6) is 0 Å². The van der Waals surface area contributed by atoms with E-state index in [-0.39, 0.29) is 12.5 Å². The molecule has 1 saturated carbocycles. The lowest BCUT2D eigenvalue weighted by Crippen LogP contribution is -2.46. The summed E-state index contributed by atoms with van der Waals surface area (Å²) in [6.45, 7) is 0.325. The van der Waals surface area contributed by atoms with E-state index < -0.39 is 12.0 Å². The first kappa shape index (κ1) is 11.7. The molecule has 0 aromatic carbocycles. The Hall–Kier alpha value is -1.34. The van der Waals surface area contributed by atoms with E-state index in [1.54, 1.807) is 0 Å². The number of carboxylic acids is 1. The topological polar surface area (TPSA) is 116 Å². The molecule has 1 aliphatic carbocycles. The first-order valence-corrected chi connectivity index (χ1v) is 4.87. The van der Waals surface area contributed by atoms with E-state index in [0.29, 0.717) is 12.6 Å². The molecule has 7 heteroatoms. The zero-order valence-corrected chi connectivity index (χ0v) is 8.32. The number of carboxylic acid groups (broad SMARTS) is 1. The summed E-state index contributed by atoms with van der Waals surface area (Å²) in [4.78, 5) is 21.4. The van der Waals surface area contributed by atoms with Gasteiger partial charge in [0.05, 0.1) is 0 Å². The second-order valence-electron chi connectivity index (χ2n) is 3.53. The number of hydrazine groups is 1. The lowest BCUT2D eigenvalue weighted by atomic mass is 10.2. The molecule has 0 spiro atoms. The van der Waals surface area contributed by atoms with Gasteiger partial charge in [-0.3, -0.25) is 10.2 Å². The van der Waals surface area contributed by atoms with Crippen molar-refractivity contribution in [2.45, 2.75) is 31.3 Å². The van der Waals surface area contributed by atoms with Gasteiger partial charge in [-0.1, -0.05) is 0 Å². The summed E-state index contributed by atoms with van der Waals surface area (Å²) in [7, 11) is 0. The molecule has 6 N–H and O–H groups in total. The van der Waals surface area contributed by atoms with Gasteiger partial charge in [0, 0.05) is 12.6 Å². The van der Waals surface area contributed by atoms with Crippen LogP contribution < -0.4 is 21.9 Å². The second kappa shape index (κ2) is 5.52. The molecule has 0 bridgehead atoms. The number of carbonyl (C=O) groups excluding carboxylic acids is 1. The number of hydrogen-bond acceptors (Lipinski definition) is 4. The monoisotopic (exact) mass is 216 g/mol. The fraction of sp³-hybridized carbons (Fsp3) is 0.750. The molecule has 0 aliphatic heterocycles. The van der Waals surface area contributed by atoms with Gasteiger partial charge in [0.2, 0.25) is 0 Å². The smallest absolute Gasteiger partial charge is 0.329 e. The molecule has 2 amide bonds. The fourth-order valence-electron chi connectivity index (χ4n) is 0.943. The lowest BCUT2D eigenvalue weighted by Gasteiger charge is -2.09. The molecule has 1 unspecified atom stereocenters. The highest BCUT2D eigenvalue weighted by Crippen LogP contribution is 2.17. The molecule has 15 heavy (non-hydrogen) atoms. The molecule has 86 valence electrons. The summed E-state index contributed by atoms with van der Waals surface area (Å²) in [6.07, 6.45) is 2.31. The second-order valence-corrected chi connectivity index (χ2v) is 3.53. The van der Waals surface area contributed by atoms with Crippen LogP contribution in [0, 0.1) is 0 Å². The lowest BCUT2D eigenvalue weighted by molar-refractivity contribution is -0.138. The summed E-state index contributed by atoms with van der Waals surface area (Å²) in [6, 6.07) is -0.889. The van der Waals surface area contributed by atoms with Gasteiger partial charge >= 0.3 is 12.0 Å². The molecule has 1 aliphatic rings. The van der Waals surface area contributed by atoms with Crippen LogP contribution in [0.3, 0.4) is 0 Å². The summed E-state index contributed by atoms with van der Waals surface area (Å²) < 4.78 is 0. The number of nitrogens with two attached hydrogens (primary N) is 1. The highest BCUT2D eigenvalue weighted by molar-refractivity contribution is 5.74. The van der Waals surface area contributed by atoms with Gasteiger partial charge in [-0.15, -0.1) is 0 Å². The van der Waals surface area contributed by atoms with Crippen LogP contribution in [0.15, 0.2) is 0 Å². The Morgan fingerprint density at radius 1 is 1.47 bits per heavy atom. The molecule has 0 radical (unpaired) electrons. The SMILES string of the molecule is NC(CCNNC(=O)NC1CC1)C(=O)O. The normalized spacial score (nSPS) is 16.9. The Morgan fingerprint density at radius 3 is 2.67 bits per heavy atom. The highest BCUT2D eigenvalue weighted by Gasteiger charge is 2.22. The maximum absolute atomic E-state index is 11.0. The van der Waals surface area contributed by atoms with Gasteiger partial charge in [0.25, 0.3) is 0 Å². The summed E-state index contributed by atoms with van der Waals surface area (Å²) in [5, 5.41) is 11.2. The van der Waals surface area contributed by atoms with Gasteiger partial charge in [0.1, 0.15) is 6.04 Å². The van der Waals surface area contributed by atoms with Crippen LogP contribution in [0.25, 0.3) is 0 Å². The van der Waals surface area contributed by atoms with E-state index in [4.69, 9.17) is 10.8 Å². The zero-order valence-electron chi connectivity index (χ0n) is 8.32. The van der Waals surface area contributed by atoms with Crippen LogP contribution in [0.4, 0.5) is 4.79 Å². The van der Waals surface area contributed by atoms with Crippen molar-refractivity contribution in [3.63, 3.8) is 0 Å². The van der Waals surface area contributed by atoms with E-state index in [9.17, 15) is 9.59 Å². The minimum atomic E-state index is -1.04. The van der Waals surface area contributed by atoms with Crippen molar-refractivity contribution in [3.05, 3.63) is 0 Å². The van der Waals surface area contributed by atoms with Crippen LogP contribution in [0.1, 0.15) is 19.3 Å². The van der Waals surface area contributed by atoms with Gasteiger partial charge in [0.15, 0.2) is 0 Å². The first-order chi connectivity index (χ1) is 7.09. The molecule has 1 rings (SSSR count). The Labute approximate surface area is 87.4 Å². The molecular weight excluding hydrogens is 200 g/mol. The van der Waals surface area contributed by atoms with Crippen LogP contribution in [-0.4, -0.2) is 35.7 Å². The number of amides is 2. The van der Waals surface area contributed by atoms with Crippen molar-refractivity contribution in [2.24, 2.45) is 5.73 Å². The zero-order chi connectivity index (χ0) is 11.3. The van der Waals surface area contributed by atoms with E-state index in [1.807, 2.05) is 0 Å². The van der Waals surface area contributed by atoms with Crippen molar-refractivity contribution in [3.8, 4) is 0 Å². The average Bonchev–Trinajstić information content (AvgIpc) is 2.95. The molecule has 7 nitrogen and oxygen atoms in total. The summed E-state index contributed by atoms with van der Waals surface area (Å²) in [5.74, 6) is -1.04. The average molecular weight is 216 g/mol. The molecule has 1 fully saturated rings. The Balaban J connectivity index is 1.95. The van der Waals surface area contributed by atoms with Crippen molar-refractivity contribution in [1.82, 2.24) is 16.2 Å². The van der Waals surface area contributed by atoms with E-state index in [2.05, 4.69) is 16.2 Å². The Bertz CT molecular complexity index is 242. The van der Waals surface area contributed by atoms with Crippen molar-refractivity contribution in [1.29, 1.82) is 0 Å². The predicted octanol–water partition coefficient (Wildman–Crippen LogP) is -1.25. The first-order valence-electron chi connectivity index (χ1n) is 4.87. The number of hydrogen-bond donors (Lipinski definition) is 5. The molecule has 0 saturated heterocycles. The Morgan fingerprint density at radius 2 is 2.13 bits per heavy atom. The summed E-state index contributed by atoms with van der Waals surface area (Å²) >= 11 is 0. The maximum atomic E-state index is 11.0. The maximum Gasteiger partial charge on any atom is 0.329 e. The Kier molecular flexibility index (Phi) is 4.32. The van der Waals surface area contributed by atoms with Crippen LogP contribution >= 0.6 is 0 Å². The third-order valence-electron chi connectivity index (χ3n) is 2.01. The van der Waals surface area contributed by atoms with Crippen molar-refractivity contribution >= 4 is 12.0 Å². The third kappa shape index (κ3) is 5.18. The van der Waals surface area contributed by atoms with E-state index in [1.165, 1.54) is 0 Å². The van der Waals surface area contributed by atoms with Crippen LogP contribution in [-0.2, 0) is 4.79 Å². The molecule has 1 atom stereocenters. The standard InChI is InChI=1S/C8H16N4O3/c9-6(7(13)14)3-4-10-12-8(15)11-5-1-2-5/h5-6,10H,1-4,9H2,(H,13,14)(H2,11,12,15).